The number of Topliss-reactive ketones (excluding diaryl/α,β-unsaturated/α-hetero) is 1. The van der Waals surface area contributed by atoms with Gasteiger partial charge in [-0.3, -0.25) is 19.2 Å². The SMILES string of the molecule is CCC(=O)C(C)NC(=O)CNC(=O)C(C)NC(=O)C(C)(C)CCOC(C)(C)CC. The van der Waals surface area contributed by atoms with Crippen LogP contribution < -0.4 is 16.0 Å². The predicted octanol–water partition coefficient (Wildman–Crippen LogP) is 1.71. The number of ketones is 1. The molecule has 3 amide bonds. The zero-order chi connectivity index (χ0) is 22.8. The first-order valence-corrected chi connectivity index (χ1v) is 10.3. The highest BCUT2D eigenvalue weighted by Crippen LogP contribution is 2.23. The molecule has 0 saturated heterocycles. The molecule has 0 aromatic rings. The van der Waals surface area contributed by atoms with Crippen LogP contribution in [0.3, 0.4) is 0 Å². The van der Waals surface area contributed by atoms with Gasteiger partial charge in [0.15, 0.2) is 5.78 Å². The van der Waals surface area contributed by atoms with Gasteiger partial charge in [0.2, 0.25) is 17.7 Å². The largest absolute Gasteiger partial charge is 0.376 e. The van der Waals surface area contributed by atoms with Crippen LogP contribution in [0.15, 0.2) is 0 Å². The lowest BCUT2D eigenvalue weighted by Crippen LogP contribution is -2.51. The summed E-state index contributed by atoms with van der Waals surface area (Å²) in [6, 6.07) is -1.39. The first-order valence-electron chi connectivity index (χ1n) is 10.3. The highest BCUT2D eigenvalue weighted by Gasteiger charge is 2.30. The van der Waals surface area contributed by atoms with Crippen LogP contribution >= 0.6 is 0 Å². The Balaban J connectivity index is 4.45. The topological polar surface area (TPSA) is 114 Å². The summed E-state index contributed by atoms with van der Waals surface area (Å²) in [5, 5.41) is 7.68. The van der Waals surface area contributed by atoms with Gasteiger partial charge >= 0.3 is 0 Å². The third-order valence-electron chi connectivity index (χ3n) is 5.06. The second-order valence-electron chi connectivity index (χ2n) is 8.62. The van der Waals surface area contributed by atoms with E-state index in [2.05, 4.69) is 16.0 Å². The third-order valence-corrected chi connectivity index (χ3v) is 5.06. The highest BCUT2D eigenvalue weighted by molar-refractivity contribution is 5.93. The van der Waals surface area contributed by atoms with Gasteiger partial charge in [-0.1, -0.05) is 27.7 Å². The molecule has 0 aromatic carbocycles. The maximum atomic E-state index is 12.5. The zero-order valence-electron chi connectivity index (χ0n) is 19.2. The van der Waals surface area contributed by atoms with Crippen molar-refractivity contribution in [3.8, 4) is 0 Å². The van der Waals surface area contributed by atoms with Gasteiger partial charge in [0.25, 0.3) is 0 Å². The minimum absolute atomic E-state index is 0.0844. The van der Waals surface area contributed by atoms with Crippen LogP contribution in [0.2, 0.25) is 0 Å². The number of hydrogen-bond donors (Lipinski definition) is 3. The van der Waals surface area contributed by atoms with Crippen molar-refractivity contribution in [1.29, 1.82) is 0 Å². The molecule has 0 aliphatic rings. The summed E-state index contributed by atoms with van der Waals surface area (Å²) in [5.74, 6) is -1.27. The Kier molecular flexibility index (Phi) is 11.1. The minimum Gasteiger partial charge on any atom is -0.376 e. The van der Waals surface area contributed by atoms with Crippen molar-refractivity contribution in [3.63, 3.8) is 0 Å². The van der Waals surface area contributed by atoms with Gasteiger partial charge in [0.1, 0.15) is 6.04 Å². The molecule has 0 saturated carbocycles. The molecule has 0 spiro atoms. The van der Waals surface area contributed by atoms with E-state index in [-0.39, 0.29) is 23.8 Å². The second kappa shape index (κ2) is 11.9. The summed E-state index contributed by atoms with van der Waals surface area (Å²) in [4.78, 5) is 48.0. The van der Waals surface area contributed by atoms with Crippen molar-refractivity contribution in [3.05, 3.63) is 0 Å². The number of hydrogen-bond acceptors (Lipinski definition) is 5. The Morgan fingerprint density at radius 1 is 0.931 bits per heavy atom. The zero-order valence-corrected chi connectivity index (χ0v) is 19.2. The molecule has 8 heteroatoms. The van der Waals surface area contributed by atoms with Crippen LogP contribution in [0, 0.1) is 5.41 Å². The van der Waals surface area contributed by atoms with Crippen molar-refractivity contribution in [1.82, 2.24) is 16.0 Å². The summed E-state index contributed by atoms with van der Waals surface area (Å²) in [7, 11) is 0. The lowest BCUT2D eigenvalue weighted by molar-refractivity contribution is -0.135. The Morgan fingerprint density at radius 3 is 2.03 bits per heavy atom. The van der Waals surface area contributed by atoms with Crippen molar-refractivity contribution in [2.24, 2.45) is 5.41 Å². The molecular weight excluding hydrogens is 374 g/mol. The number of rotatable bonds is 13. The van der Waals surface area contributed by atoms with E-state index in [0.717, 1.165) is 6.42 Å². The van der Waals surface area contributed by atoms with Crippen LogP contribution in [-0.2, 0) is 23.9 Å². The summed E-state index contributed by atoms with van der Waals surface area (Å²) in [6.45, 7) is 14.7. The molecule has 0 bridgehead atoms. The van der Waals surface area contributed by atoms with E-state index >= 15 is 0 Å². The molecule has 0 heterocycles. The Bertz CT molecular complexity index is 587. The van der Waals surface area contributed by atoms with Gasteiger partial charge in [0, 0.05) is 18.4 Å². The van der Waals surface area contributed by atoms with Gasteiger partial charge in [-0.2, -0.15) is 0 Å². The van der Waals surface area contributed by atoms with Crippen LogP contribution in [0.1, 0.15) is 74.7 Å². The number of nitrogens with one attached hydrogen (secondary N) is 3. The van der Waals surface area contributed by atoms with Gasteiger partial charge in [-0.05, 0) is 40.5 Å². The van der Waals surface area contributed by atoms with E-state index in [1.54, 1.807) is 34.6 Å². The van der Waals surface area contributed by atoms with E-state index in [1.807, 2.05) is 20.8 Å². The number of carbonyl (C=O) groups excluding carboxylic acids is 4. The molecule has 0 radical (unpaired) electrons. The fraction of sp³-hybridized carbons (Fsp3) is 0.810. The first kappa shape index (κ1) is 27.0. The standard InChI is InChI=1S/C21H39N3O5/c1-9-16(25)14(3)23-17(26)13-22-18(27)15(4)24-19(28)20(5,6)11-12-29-21(7,8)10-2/h14-15H,9-13H2,1-8H3,(H,22,27)(H,23,26)(H,24,28). The molecule has 0 aliphatic carbocycles. The maximum Gasteiger partial charge on any atom is 0.242 e. The lowest BCUT2D eigenvalue weighted by Gasteiger charge is -2.29. The summed E-state index contributed by atoms with van der Waals surface area (Å²) >= 11 is 0. The molecule has 8 nitrogen and oxygen atoms in total. The predicted molar refractivity (Wildman–Crippen MR) is 112 cm³/mol. The second-order valence-corrected chi connectivity index (χ2v) is 8.62. The maximum absolute atomic E-state index is 12.5. The van der Waals surface area contributed by atoms with Crippen molar-refractivity contribution in [2.45, 2.75) is 92.3 Å². The molecule has 29 heavy (non-hydrogen) atoms. The third kappa shape index (κ3) is 10.4. The Morgan fingerprint density at radius 2 is 1.52 bits per heavy atom. The van der Waals surface area contributed by atoms with E-state index in [9.17, 15) is 19.2 Å². The molecule has 2 atom stereocenters. The van der Waals surface area contributed by atoms with Gasteiger partial charge in [-0.25, -0.2) is 0 Å². The minimum atomic E-state index is -0.794. The number of amides is 3. The first-order chi connectivity index (χ1) is 13.3. The van der Waals surface area contributed by atoms with Gasteiger partial charge < -0.3 is 20.7 Å². The average Bonchev–Trinajstić information content (AvgIpc) is 2.64. The van der Waals surface area contributed by atoms with E-state index in [0.29, 0.717) is 19.4 Å². The number of ether oxygens (including phenoxy) is 1. The molecule has 2 unspecified atom stereocenters. The number of carbonyl (C=O) groups is 4. The van der Waals surface area contributed by atoms with Gasteiger partial charge in [0.05, 0.1) is 18.2 Å². The molecular formula is C21H39N3O5. The quantitative estimate of drug-likeness (QED) is 0.425. The summed E-state index contributed by atoms with van der Waals surface area (Å²) < 4.78 is 5.81. The molecule has 0 fully saturated rings. The Hall–Kier alpha value is -1.96. The van der Waals surface area contributed by atoms with E-state index < -0.39 is 29.3 Å². The Labute approximate surface area is 174 Å². The van der Waals surface area contributed by atoms with Crippen molar-refractivity contribution >= 4 is 23.5 Å². The van der Waals surface area contributed by atoms with Crippen LogP contribution in [0.5, 0.6) is 0 Å². The average molecular weight is 414 g/mol. The van der Waals surface area contributed by atoms with Crippen molar-refractivity contribution < 1.29 is 23.9 Å². The van der Waals surface area contributed by atoms with E-state index in [4.69, 9.17) is 4.74 Å². The monoisotopic (exact) mass is 413 g/mol. The summed E-state index contributed by atoms with van der Waals surface area (Å²) in [6.07, 6.45) is 1.71. The highest BCUT2D eigenvalue weighted by atomic mass is 16.5. The van der Waals surface area contributed by atoms with Crippen LogP contribution in [-0.4, -0.2) is 54.3 Å². The van der Waals surface area contributed by atoms with E-state index in [1.165, 1.54) is 0 Å². The van der Waals surface area contributed by atoms with Gasteiger partial charge in [-0.15, -0.1) is 0 Å². The molecule has 0 rings (SSSR count). The smallest absolute Gasteiger partial charge is 0.242 e. The molecule has 0 aliphatic heterocycles. The van der Waals surface area contributed by atoms with Crippen LogP contribution in [0.4, 0.5) is 0 Å². The molecule has 3 N–H and O–H groups in total. The van der Waals surface area contributed by atoms with Crippen molar-refractivity contribution in [2.75, 3.05) is 13.2 Å². The fourth-order valence-electron chi connectivity index (χ4n) is 2.26. The lowest BCUT2D eigenvalue weighted by atomic mass is 9.88. The fourth-order valence-corrected chi connectivity index (χ4v) is 2.26. The molecule has 168 valence electrons. The molecule has 0 aromatic heterocycles. The summed E-state index contributed by atoms with van der Waals surface area (Å²) in [5.41, 5.74) is -0.939. The normalized spacial score (nSPS) is 13.9. The van der Waals surface area contributed by atoms with Crippen LogP contribution in [0.25, 0.3) is 0 Å².